The van der Waals surface area contributed by atoms with Crippen molar-refractivity contribution < 1.29 is 14.3 Å². The number of nitrogens with one attached hydrogen (secondary N) is 2. The molecule has 0 atom stereocenters. The highest BCUT2D eigenvalue weighted by atomic mass is 35.5. The molecule has 21 heavy (non-hydrogen) atoms. The molecule has 0 radical (unpaired) electrons. The van der Waals surface area contributed by atoms with E-state index in [9.17, 15) is 4.79 Å². The number of anilines is 2. The van der Waals surface area contributed by atoms with Crippen molar-refractivity contribution in [3.05, 3.63) is 28.5 Å². The molecule has 1 aromatic heterocycles. The lowest BCUT2D eigenvalue weighted by Gasteiger charge is -2.12. The Labute approximate surface area is 126 Å². The van der Waals surface area contributed by atoms with Crippen LogP contribution in [0.5, 0.6) is 11.5 Å². The summed E-state index contributed by atoms with van der Waals surface area (Å²) < 4.78 is 10.3. The number of nitrogens with zero attached hydrogens (tertiary/aromatic N) is 1. The van der Waals surface area contributed by atoms with Gasteiger partial charge in [0.25, 0.3) is 5.91 Å². The van der Waals surface area contributed by atoms with Crippen LogP contribution in [-0.2, 0) is 0 Å². The minimum Gasteiger partial charge on any atom is -0.495 e. The minimum absolute atomic E-state index is 0.114. The van der Waals surface area contributed by atoms with Crippen molar-refractivity contribution in [1.29, 1.82) is 0 Å². The van der Waals surface area contributed by atoms with Crippen molar-refractivity contribution in [1.82, 2.24) is 10.2 Å². The zero-order valence-corrected chi connectivity index (χ0v) is 12.5. The largest absolute Gasteiger partial charge is 0.495 e. The van der Waals surface area contributed by atoms with Gasteiger partial charge in [-0.05, 0) is 6.92 Å². The summed E-state index contributed by atoms with van der Waals surface area (Å²) in [5.74, 6) is 0.360. The molecule has 7 nitrogen and oxygen atoms in total. The number of nitrogen functional groups attached to an aromatic ring is 1. The van der Waals surface area contributed by atoms with Crippen LogP contribution in [0, 0.1) is 6.92 Å². The number of carbonyl (C=O) groups excluding carboxylic acids is 1. The Hall–Kier alpha value is -2.41. The average molecular weight is 311 g/mol. The first kappa shape index (κ1) is 15.0. The first-order valence-electron chi connectivity index (χ1n) is 6.01. The lowest BCUT2D eigenvalue weighted by molar-refractivity contribution is 0.102. The third kappa shape index (κ3) is 2.87. The minimum atomic E-state index is -0.459. The number of hydrogen-bond acceptors (Lipinski definition) is 5. The molecule has 0 unspecified atom stereocenters. The van der Waals surface area contributed by atoms with Crippen molar-refractivity contribution in [2.24, 2.45) is 0 Å². The van der Waals surface area contributed by atoms with Gasteiger partial charge in [-0.2, -0.15) is 5.10 Å². The molecule has 0 bridgehead atoms. The van der Waals surface area contributed by atoms with Gasteiger partial charge in [-0.1, -0.05) is 11.6 Å². The number of aromatic nitrogens is 2. The third-order valence-electron chi connectivity index (χ3n) is 2.93. The quantitative estimate of drug-likeness (QED) is 0.803. The van der Waals surface area contributed by atoms with Gasteiger partial charge in [0.15, 0.2) is 5.69 Å². The number of methoxy groups -OCH3 is 2. The molecule has 2 aromatic rings. The van der Waals surface area contributed by atoms with E-state index in [1.807, 2.05) is 0 Å². The van der Waals surface area contributed by atoms with Gasteiger partial charge in [0, 0.05) is 12.1 Å². The van der Waals surface area contributed by atoms with Gasteiger partial charge >= 0.3 is 0 Å². The number of nitrogens with two attached hydrogens (primary N) is 1. The molecule has 1 heterocycles. The number of rotatable bonds is 4. The number of benzene rings is 1. The second kappa shape index (κ2) is 5.92. The molecule has 0 fully saturated rings. The van der Waals surface area contributed by atoms with Crippen LogP contribution >= 0.6 is 11.6 Å². The Morgan fingerprint density at radius 2 is 2.00 bits per heavy atom. The molecular formula is C13H15ClN4O3. The van der Waals surface area contributed by atoms with E-state index < -0.39 is 5.91 Å². The van der Waals surface area contributed by atoms with Gasteiger partial charge in [-0.3, -0.25) is 9.89 Å². The zero-order valence-electron chi connectivity index (χ0n) is 11.8. The number of H-pyrrole nitrogens is 1. The molecule has 0 spiro atoms. The smallest absolute Gasteiger partial charge is 0.278 e. The maximum absolute atomic E-state index is 12.2. The van der Waals surface area contributed by atoms with Crippen LogP contribution in [0.25, 0.3) is 0 Å². The monoisotopic (exact) mass is 310 g/mol. The van der Waals surface area contributed by atoms with Crippen molar-refractivity contribution in [2.75, 3.05) is 25.3 Å². The number of halogens is 1. The highest BCUT2D eigenvalue weighted by Gasteiger charge is 2.18. The predicted molar refractivity (Wildman–Crippen MR) is 80.2 cm³/mol. The Balaban J connectivity index is 2.34. The summed E-state index contributed by atoms with van der Waals surface area (Å²) in [6.45, 7) is 1.73. The van der Waals surface area contributed by atoms with E-state index in [2.05, 4.69) is 15.5 Å². The van der Waals surface area contributed by atoms with Gasteiger partial charge in [0.1, 0.15) is 11.5 Å². The third-order valence-corrected chi connectivity index (χ3v) is 3.23. The van der Waals surface area contributed by atoms with Crippen LogP contribution in [0.1, 0.15) is 16.2 Å². The van der Waals surface area contributed by atoms with Crippen LogP contribution in [-0.4, -0.2) is 30.3 Å². The molecule has 0 aliphatic carbocycles. The van der Waals surface area contributed by atoms with E-state index in [1.54, 1.807) is 19.1 Å². The molecule has 2 rings (SSSR count). The molecule has 112 valence electrons. The fraction of sp³-hybridized carbons (Fsp3) is 0.231. The molecule has 1 aromatic carbocycles. The Kier molecular flexibility index (Phi) is 4.23. The predicted octanol–water partition coefficient (Wildman–Crippen LogP) is 2.22. The lowest BCUT2D eigenvalue weighted by atomic mass is 10.2. The molecule has 4 N–H and O–H groups in total. The van der Waals surface area contributed by atoms with Gasteiger partial charge < -0.3 is 20.5 Å². The topological polar surface area (TPSA) is 102 Å². The second-order valence-electron chi connectivity index (χ2n) is 4.25. The molecule has 0 aliphatic heterocycles. The Bertz CT molecular complexity index is 684. The molecule has 1 amide bonds. The van der Waals surface area contributed by atoms with Crippen LogP contribution < -0.4 is 20.5 Å². The Morgan fingerprint density at radius 3 is 2.52 bits per heavy atom. The van der Waals surface area contributed by atoms with E-state index >= 15 is 0 Å². The number of ether oxygens (including phenoxy) is 2. The summed E-state index contributed by atoms with van der Waals surface area (Å²) in [5.41, 5.74) is 7.22. The standard InChI is InChI=1S/C13H15ClN4O3/c1-6-11(15)12(18-17-6)13(19)16-8-5-9(20-2)7(14)4-10(8)21-3/h4-5H,15H2,1-3H3,(H,16,19)(H,17,18). The maximum atomic E-state index is 12.2. The zero-order chi connectivity index (χ0) is 15.6. The van der Waals surface area contributed by atoms with Crippen molar-refractivity contribution in [2.45, 2.75) is 6.92 Å². The number of carbonyl (C=O) groups is 1. The van der Waals surface area contributed by atoms with E-state index in [-0.39, 0.29) is 5.69 Å². The molecule has 8 heteroatoms. The number of aromatic amines is 1. The van der Waals surface area contributed by atoms with Gasteiger partial charge in [-0.15, -0.1) is 0 Å². The summed E-state index contributed by atoms with van der Waals surface area (Å²) >= 11 is 6.01. The fourth-order valence-electron chi connectivity index (χ4n) is 1.75. The average Bonchev–Trinajstić information content (AvgIpc) is 2.80. The molecule has 0 aliphatic rings. The normalized spacial score (nSPS) is 10.3. The van der Waals surface area contributed by atoms with E-state index in [0.29, 0.717) is 33.6 Å². The fourth-order valence-corrected chi connectivity index (χ4v) is 1.98. The van der Waals surface area contributed by atoms with Crippen LogP contribution in [0.3, 0.4) is 0 Å². The first-order valence-corrected chi connectivity index (χ1v) is 6.39. The van der Waals surface area contributed by atoms with Gasteiger partial charge in [0.05, 0.1) is 36.3 Å². The SMILES string of the molecule is COc1cc(NC(=O)c2n[nH]c(C)c2N)c(OC)cc1Cl. The van der Waals surface area contributed by atoms with Crippen molar-refractivity contribution in [3.8, 4) is 11.5 Å². The highest BCUT2D eigenvalue weighted by Crippen LogP contribution is 2.36. The second-order valence-corrected chi connectivity index (χ2v) is 4.66. The van der Waals surface area contributed by atoms with Gasteiger partial charge in [0.2, 0.25) is 0 Å². The number of hydrogen-bond donors (Lipinski definition) is 3. The van der Waals surface area contributed by atoms with Crippen LogP contribution in [0.2, 0.25) is 5.02 Å². The summed E-state index contributed by atoms with van der Waals surface area (Å²) in [5, 5.41) is 9.56. The van der Waals surface area contributed by atoms with E-state index in [1.165, 1.54) is 14.2 Å². The van der Waals surface area contributed by atoms with Crippen molar-refractivity contribution >= 4 is 28.9 Å². The van der Waals surface area contributed by atoms with Crippen LogP contribution in [0.15, 0.2) is 12.1 Å². The first-order chi connectivity index (χ1) is 9.97. The number of amides is 1. The molecule has 0 saturated heterocycles. The summed E-state index contributed by atoms with van der Waals surface area (Å²) in [6.07, 6.45) is 0. The molecule has 0 saturated carbocycles. The Morgan fingerprint density at radius 1 is 1.33 bits per heavy atom. The van der Waals surface area contributed by atoms with Gasteiger partial charge in [-0.25, -0.2) is 0 Å². The summed E-state index contributed by atoms with van der Waals surface area (Å²) in [7, 11) is 2.95. The van der Waals surface area contributed by atoms with E-state index in [4.69, 9.17) is 26.8 Å². The van der Waals surface area contributed by atoms with Crippen molar-refractivity contribution in [3.63, 3.8) is 0 Å². The summed E-state index contributed by atoms with van der Waals surface area (Å²) in [4.78, 5) is 12.2. The van der Waals surface area contributed by atoms with E-state index in [0.717, 1.165) is 0 Å². The number of aryl methyl sites for hydroxylation is 1. The lowest BCUT2D eigenvalue weighted by Crippen LogP contribution is -2.15. The summed E-state index contributed by atoms with van der Waals surface area (Å²) in [6, 6.07) is 3.12. The van der Waals surface area contributed by atoms with Crippen LogP contribution in [0.4, 0.5) is 11.4 Å². The highest BCUT2D eigenvalue weighted by molar-refractivity contribution is 6.32. The molecular weight excluding hydrogens is 296 g/mol. The maximum Gasteiger partial charge on any atom is 0.278 e.